The van der Waals surface area contributed by atoms with Gasteiger partial charge in [-0.25, -0.2) is 9.97 Å². The van der Waals surface area contributed by atoms with Crippen LogP contribution in [0.1, 0.15) is 21.5 Å². The van der Waals surface area contributed by atoms with Crippen molar-refractivity contribution in [1.82, 2.24) is 9.97 Å². The van der Waals surface area contributed by atoms with Crippen LogP contribution in [0.2, 0.25) is 0 Å². The molecule has 0 bridgehead atoms. The summed E-state index contributed by atoms with van der Waals surface area (Å²) in [5.41, 5.74) is 4.49. The molecule has 0 radical (unpaired) electrons. The molecule has 2 aromatic carbocycles. The number of aryl methyl sites for hydroxylation is 1. The molecule has 0 saturated carbocycles. The predicted molar refractivity (Wildman–Crippen MR) is 98.9 cm³/mol. The summed E-state index contributed by atoms with van der Waals surface area (Å²) in [5.74, 6) is -0.184. The van der Waals surface area contributed by atoms with Crippen molar-refractivity contribution in [3.63, 3.8) is 0 Å². The van der Waals surface area contributed by atoms with Gasteiger partial charge in [0.2, 0.25) is 11.9 Å². The SMILES string of the molecule is Cc1ccc(C(=O)Nc2ncc3c(n2)-c2ccccc2NC(=O)C3)cc1. The Balaban J connectivity index is 1.69. The van der Waals surface area contributed by atoms with Crippen molar-refractivity contribution in [2.45, 2.75) is 13.3 Å². The van der Waals surface area contributed by atoms with Crippen molar-refractivity contribution in [3.8, 4) is 11.3 Å². The van der Waals surface area contributed by atoms with Crippen LogP contribution in [0.4, 0.5) is 11.6 Å². The van der Waals surface area contributed by atoms with Gasteiger partial charge in [-0.15, -0.1) is 0 Å². The van der Waals surface area contributed by atoms with Crippen LogP contribution in [0.3, 0.4) is 0 Å². The summed E-state index contributed by atoms with van der Waals surface area (Å²) in [6, 6.07) is 14.7. The van der Waals surface area contributed by atoms with Gasteiger partial charge in [-0.1, -0.05) is 35.9 Å². The average molecular weight is 344 g/mol. The lowest BCUT2D eigenvalue weighted by atomic mass is 10.1. The third-order valence-corrected chi connectivity index (χ3v) is 4.21. The van der Waals surface area contributed by atoms with Gasteiger partial charge in [-0.3, -0.25) is 14.9 Å². The molecule has 0 fully saturated rings. The number of nitrogens with zero attached hydrogens (tertiary/aromatic N) is 2. The Hall–Kier alpha value is -3.54. The van der Waals surface area contributed by atoms with E-state index in [-0.39, 0.29) is 24.2 Å². The molecule has 1 aliphatic rings. The maximum absolute atomic E-state index is 12.4. The van der Waals surface area contributed by atoms with E-state index in [1.165, 1.54) is 0 Å². The minimum absolute atomic E-state index is 0.115. The zero-order valence-electron chi connectivity index (χ0n) is 14.1. The van der Waals surface area contributed by atoms with Crippen LogP contribution in [-0.2, 0) is 11.2 Å². The van der Waals surface area contributed by atoms with Gasteiger partial charge in [0.25, 0.3) is 5.91 Å². The van der Waals surface area contributed by atoms with E-state index in [0.717, 1.165) is 16.7 Å². The monoisotopic (exact) mass is 344 g/mol. The molecule has 2 N–H and O–H groups in total. The first kappa shape index (κ1) is 16.0. The lowest BCUT2D eigenvalue weighted by molar-refractivity contribution is -0.115. The van der Waals surface area contributed by atoms with Crippen LogP contribution in [0.5, 0.6) is 0 Å². The Bertz CT molecular complexity index is 1010. The molecule has 6 heteroatoms. The van der Waals surface area contributed by atoms with E-state index in [9.17, 15) is 9.59 Å². The van der Waals surface area contributed by atoms with Gasteiger partial charge in [0, 0.05) is 22.9 Å². The molecule has 0 unspecified atom stereocenters. The molecule has 128 valence electrons. The summed E-state index contributed by atoms with van der Waals surface area (Å²) in [5, 5.41) is 5.59. The zero-order chi connectivity index (χ0) is 18.1. The summed E-state index contributed by atoms with van der Waals surface area (Å²) >= 11 is 0. The largest absolute Gasteiger partial charge is 0.325 e. The van der Waals surface area contributed by atoms with Crippen molar-refractivity contribution in [1.29, 1.82) is 0 Å². The lowest BCUT2D eigenvalue weighted by Crippen LogP contribution is -2.15. The molecule has 3 aromatic rings. The van der Waals surface area contributed by atoms with Gasteiger partial charge >= 0.3 is 0 Å². The van der Waals surface area contributed by atoms with Crippen molar-refractivity contribution in [3.05, 3.63) is 71.4 Å². The molecular formula is C20H16N4O2. The second-order valence-electron chi connectivity index (χ2n) is 6.16. The summed E-state index contributed by atoms with van der Waals surface area (Å²) in [6.45, 7) is 1.96. The highest BCUT2D eigenvalue weighted by molar-refractivity contribution is 6.04. The first-order valence-electron chi connectivity index (χ1n) is 8.23. The number of hydrogen-bond donors (Lipinski definition) is 2. The highest BCUT2D eigenvalue weighted by atomic mass is 16.2. The fourth-order valence-corrected chi connectivity index (χ4v) is 2.87. The summed E-state index contributed by atoms with van der Waals surface area (Å²) in [7, 11) is 0. The fourth-order valence-electron chi connectivity index (χ4n) is 2.87. The minimum Gasteiger partial charge on any atom is -0.325 e. The van der Waals surface area contributed by atoms with Crippen LogP contribution in [0.25, 0.3) is 11.3 Å². The number of amides is 2. The van der Waals surface area contributed by atoms with Crippen LogP contribution >= 0.6 is 0 Å². The summed E-state index contributed by atoms with van der Waals surface area (Å²) in [4.78, 5) is 33.1. The maximum Gasteiger partial charge on any atom is 0.258 e. The lowest BCUT2D eigenvalue weighted by Gasteiger charge is -2.10. The zero-order valence-corrected chi connectivity index (χ0v) is 14.1. The second kappa shape index (κ2) is 6.40. The third kappa shape index (κ3) is 3.04. The van der Waals surface area contributed by atoms with E-state index in [1.807, 2.05) is 43.3 Å². The number of para-hydroxylation sites is 1. The number of rotatable bonds is 2. The Morgan fingerprint density at radius 2 is 1.88 bits per heavy atom. The molecule has 1 aromatic heterocycles. The first-order chi connectivity index (χ1) is 12.6. The molecule has 2 heterocycles. The second-order valence-corrected chi connectivity index (χ2v) is 6.16. The van der Waals surface area contributed by atoms with E-state index in [4.69, 9.17) is 0 Å². The van der Waals surface area contributed by atoms with Crippen molar-refractivity contribution < 1.29 is 9.59 Å². The number of hydrogen-bond acceptors (Lipinski definition) is 4. The van der Waals surface area contributed by atoms with Crippen LogP contribution in [-0.4, -0.2) is 21.8 Å². The predicted octanol–water partition coefficient (Wildman–Crippen LogP) is 3.20. The van der Waals surface area contributed by atoms with Crippen LogP contribution < -0.4 is 10.6 Å². The van der Waals surface area contributed by atoms with E-state index < -0.39 is 0 Å². The van der Waals surface area contributed by atoms with Gasteiger partial charge in [0.1, 0.15) is 0 Å². The highest BCUT2D eigenvalue weighted by Crippen LogP contribution is 2.32. The van der Waals surface area contributed by atoms with Gasteiger partial charge in [0.15, 0.2) is 0 Å². The quantitative estimate of drug-likeness (QED) is 0.748. The maximum atomic E-state index is 12.4. The van der Waals surface area contributed by atoms with Crippen molar-refractivity contribution in [2.75, 3.05) is 10.6 Å². The number of fused-ring (bicyclic) bond motifs is 3. The Morgan fingerprint density at radius 1 is 1.12 bits per heavy atom. The molecular weight excluding hydrogens is 328 g/mol. The highest BCUT2D eigenvalue weighted by Gasteiger charge is 2.21. The topological polar surface area (TPSA) is 84.0 Å². The van der Waals surface area contributed by atoms with E-state index in [2.05, 4.69) is 20.6 Å². The summed E-state index contributed by atoms with van der Waals surface area (Å²) < 4.78 is 0. The normalized spacial score (nSPS) is 12.4. The van der Waals surface area contributed by atoms with E-state index in [1.54, 1.807) is 18.3 Å². The minimum atomic E-state index is -0.277. The number of carbonyl (C=O) groups is 2. The number of benzene rings is 2. The van der Waals surface area contributed by atoms with Gasteiger partial charge < -0.3 is 5.32 Å². The van der Waals surface area contributed by atoms with Gasteiger partial charge in [0.05, 0.1) is 17.8 Å². The smallest absolute Gasteiger partial charge is 0.258 e. The van der Waals surface area contributed by atoms with Crippen molar-refractivity contribution >= 4 is 23.5 Å². The summed E-state index contributed by atoms with van der Waals surface area (Å²) in [6.07, 6.45) is 1.78. The molecule has 6 nitrogen and oxygen atoms in total. The van der Waals surface area contributed by atoms with Crippen LogP contribution in [0, 0.1) is 6.92 Å². The Morgan fingerprint density at radius 3 is 2.69 bits per heavy atom. The molecule has 1 aliphatic heterocycles. The van der Waals surface area contributed by atoms with E-state index >= 15 is 0 Å². The Kier molecular flexibility index (Phi) is 3.93. The number of aromatic nitrogens is 2. The molecule has 2 amide bonds. The van der Waals surface area contributed by atoms with E-state index in [0.29, 0.717) is 16.9 Å². The van der Waals surface area contributed by atoms with Crippen LogP contribution in [0.15, 0.2) is 54.7 Å². The van der Waals surface area contributed by atoms with Crippen molar-refractivity contribution in [2.24, 2.45) is 0 Å². The Labute approximate surface area is 150 Å². The first-order valence-corrected chi connectivity index (χ1v) is 8.23. The number of nitrogens with one attached hydrogen (secondary N) is 2. The average Bonchev–Trinajstić information content (AvgIpc) is 2.77. The molecule has 0 spiro atoms. The number of carbonyl (C=O) groups excluding carboxylic acids is 2. The van der Waals surface area contributed by atoms with Gasteiger partial charge in [-0.05, 0) is 25.1 Å². The molecule has 0 saturated heterocycles. The third-order valence-electron chi connectivity index (χ3n) is 4.21. The number of anilines is 2. The fraction of sp³-hybridized carbons (Fsp3) is 0.100. The standard InChI is InChI=1S/C20H16N4O2/c1-12-6-8-13(9-7-12)19(26)24-20-21-11-14-10-17(25)22-16-5-3-2-4-15(16)18(14)23-20/h2-9,11H,10H2,1H3,(H,22,25)(H,21,23,24,26). The van der Waals surface area contributed by atoms with Gasteiger partial charge in [-0.2, -0.15) is 0 Å². The molecule has 0 aliphatic carbocycles. The molecule has 26 heavy (non-hydrogen) atoms. The molecule has 4 rings (SSSR count). The molecule has 0 atom stereocenters.